The van der Waals surface area contributed by atoms with Crippen molar-refractivity contribution in [2.45, 2.75) is 19.8 Å². The highest BCUT2D eigenvalue weighted by atomic mass is 16.4. The Labute approximate surface area is 105 Å². The van der Waals surface area contributed by atoms with Gasteiger partial charge in [0.2, 0.25) is 5.91 Å². The molecular weight excluding hydrogens is 234 g/mol. The Kier molecular flexibility index (Phi) is 5.10. The molecule has 1 atom stereocenters. The number of carboxylic acid groups (broad SMARTS) is 1. The molecule has 0 aliphatic heterocycles. The van der Waals surface area contributed by atoms with Gasteiger partial charge in [-0.05, 0) is 18.6 Å². The van der Waals surface area contributed by atoms with E-state index in [1.165, 1.54) is 6.20 Å². The monoisotopic (exact) mass is 251 g/mol. The van der Waals surface area contributed by atoms with Gasteiger partial charge in [0.05, 0.1) is 24.2 Å². The van der Waals surface area contributed by atoms with Gasteiger partial charge in [-0.3, -0.25) is 14.6 Å². The molecule has 0 fully saturated rings. The fourth-order valence-corrected chi connectivity index (χ4v) is 1.41. The second-order valence-corrected chi connectivity index (χ2v) is 4.01. The number of hydrogen-bond donors (Lipinski definition) is 3. The van der Waals surface area contributed by atoms with E-state index in [1.807, 2.05) is 0 Å². The summed E-state index contributed by atoms with van der Waals surface area (Å²) in [6.45, 7) is 1.91. The number of nitrogen functional groups attached to an aromatic ring is 1. The van der Waals surface area contributed by atoms with Crippen LogP contribution in [-0.4, -0.2) is 28.5 Å². The molecule has 0 bridgehead atoms. The lowest BCUT2D eigenvalue weighted by Gasteiger charge is -2.10. The van der Waals surface area contributed by atoms with Crippen LogP contribution in [0.5, 0.6) is 0 Å². The van der Waals surface area contributed by atoms with E-state index >= 15 is 0 Å². The third-order valence-electron chi connectivity index (χ3n) is 2.58. The zero-order valence-electron chi connectivity index (χ0n) is 10.2. The van der Waals surface area contributed by atoms with Crippen LogP contribution in [0, 0.1) is 5.92 Å². The van der Waals surface area contributed by atoms with Crippen LogP contribution in [-0.2, 0) is 16.0 Å². The number of amides is 1. The van der Waals surface area contributed by atoms with Gasteiger partial charge in [0.25, 0.3) is 0 Å². The second-order valence-electron chi connectivity index (χ2n) is 4.01. The van der Waals surface area contributed by atoms with Gasteiger partial charge in [-0.15, -0.1) is 0 Å². The number of carbonyl (C=O) groups excluding carboxylic acids is 1. The van der Waals surface area contributed by atoms with Crippen LogP contribution in [0.3, 0.4) is 0 Å². The molecule has 0 radical (unpaired) electrons. The molecule has 1 unspecified atom stereocenters. The summed E-state index contributed by atoms with van der Waals surface area (Å²) in [5, 5.41) is 11.4. The summed E-state index contributed by atoms with van der Waals surface area (Å²) in [4.78, 5) is 26.3. The lowest BCUT2D eigenvalue weighted by molar-refractivity contribution is -0.141. The molecular formula is C12H17N3O3. The quantitative estimate of drug-likeness (QED) is 0.680. The van der Waals surface area contributed by atoms with Gasteiger partial charge >= 0.3 is 5.97 Å². The Hall–Kier alpha value is -2.11. The maximum Gasteiger partial charge on any atom is 0.308 e. The van der Waals surface area contributed by atoms with Crippen molar-refractivity contribution in [2.24, 2.45) is 5.92 Å². The molecule has 18 heavy (non-hydrogen) atoms. The van der Waals surface area contributed by atoms with E-state index in [0.29, 0.717) is 17.8 Å². The maximum absolute atomic E-state index is 11.6. The largest absolute Gasteiger partial charge is 0.481 e. The summed E-state index contributed by atoms with van der Waals surface area (Å²) in [7, 11) is 0. The Morgan fingerprint density at radius 2 is 2.22 bits per heavy atom. The number of carboxylic acids is 1. The Morgan fingerprint density at radius 3 is 2.72 bits per heavy atom. The molecule has 1 rings (SSSR count). The molecule has 0 saturated heterocycles. The lowest BCUT2D eigenvalue weighted by atomic mass is 10.1. The van der Waals surface area contributed by atoms with Crippen molar-refractivity contribution in [1.82, 2.24) is 10.3 Å². The topological polar surface area (TPSA) is 105 Å². The molecule has 0 aliphatic rings. The number of nitrogens with two attached hydrogens (primary N) is 1. The van der Waals surface area contributed by atoms with Gasteiger partial charge in [-0.25, -0.2) is 0 Å². The first-order valence-corrected chi connectivity index (χ1v) is 5.72. The predicted octanol–water partition coefficient (Wildman–Crippen LogP) is 0.433. The number of aromatic nitrogens is 1. The van der Waals surface area contributed by atoms with E-state index in [0.717, 1.165) is 0 Å². The molecule has 1 aromatic rings. The number of carbonyl (C=O) groups is 2. The fourth-order valence-electron chi connectivity index (χ4n) is 1.41. The highest BCUT2D eigenvalue weighted by molar-refractivity contribution is 5.79. The molecule has 0 spiro atoms. The number of aliphatic carboxylic acids is 1. The molecule has 0 saturated carbocycles. The number of rotatable bonds is 6. The number of anilines is 1. The third kappa shape index (κ3) is 4.40. The van der Waals surface area contributed by atoms with E-state index in [1.54, 1.807) is 19.1 Å². The number of pyridine rings is 1. The number of nitrogens with one attached hydrogen (secondary N) is 1. The molecule has 1 aromatic heterocycles. The van der Waals surface area contributed by atoms with Crippen molar-refractivity contribution < 1.29 is 14.7 Å². The summed E-state index contributed by atoms with van der Waals surface area (Å²) in [5.41, 5.74) is 6.62. The van der Waals surface area contributed by atoms with Crippen LogP contribution in [0.2, 0.25) is 0 Å². The number of nitrogens with zero attached hydrogens (tertiary/aromatic N) is 1. The van der Waals surface area contributed by atoms with E-state index in [4.69, 9.17) is 10.8 Å². The van der Waals surface area contributed by atoms with Gasteiger partial charge in [-0.2, -0.15) is 0 Å². The van der Waals surface area contributed by atoms with Gasteiger partial charge in [0.1, 0.15) is 0 Å². The van der Waals surface area contributed by atoms with Crippen LogP contribution in [0.15, 0.2) is 18.3 Å². The zero-order chi connectivity index (χ0) is 13.5. The highest BCUT2D eigenvalue weighted by Gasteiger charge is 2.15. The normalized spacial score (nSPS) is 11.8. The van der Waals surface area contributed by atoms with Crippen molar-refractivity contribution in [3.05, 3.63) is 24.0 Å². The molecule has 6 heteroatoms. The maximum atomic E-state index is 11.6. The van der Waals surface area contributed by atoms with Crippen LogP contribution in [0.4, 0.5) is 5.69 Å². The van der Waals surface area contributed by atoms with Gasteiger partial charge in [0.15, 0.2) is 0 Å². The smallest absolute Gasteiger partial charge is 0.308 e. The predicted molar refractivity (Wildman–Crippen MR) is 66.8 cm³/mol. The van der Waals surface area contributed by atoms with Crippen LogP contribution in [0.1, 0.15) is 19.0 Å². The van der Waals surface area contributed by atoms with Gasteiger partial charge < -0.3 is 16.2 Å². The average molecular weight is 251 g/mol. The standard InChI is InChI=1S/C12H17N3O3/c1-2-8(12(17)18)6-15-11(16)5-10-4-3-9(13)7-14-10/h3-4,7-8H,2,5-6,13H2,1H3,(H,15,16)(H,17,18). The van der Waals surface area contributed by atoms with Crippen molar-refractivity contribution in [2.75, 3.05) is 12.3 Å². The second kappa shape index (κ2) is 6.58. The average Bonchev–Trinajstić information content (AvgIpc) is 2.32. The Balaban J connectivity index is 2.42. The zero-order valence-corrected chi connectivity index (χ0v) is 10.2. The number of hydrogen-bond acceptors (Lipinski definition) is 4. The fraction of sp³-hybridized carbons (Fsp3) is 0.417. The molecule has 6 nitrogen and oxygen atoms in total. The van der Waals surface area contributed by atoms with Gasteiger partial charge in [0, 0.05) is 12.2 Å². The first-order valence-electron chi connectivity index (χ1n) is 5.72. The lowest BCUT2D eigenvalue weighted by Crippen LogP contribution is -2.33. The van der Waals surface area contributed by atoms with Crippen molar-refractivity contribution >= 4 is 17.6 Å². The third-order valence-corrected chi connectivity index (χ3v) is 2.58. The summed E-state index contributed by atoms with van der Waals surface area (Å²) >= 11 is 0. The molecule has 0 aromatic carbocycles. The molecule has 1 amide bonds. The summed E-state index contributed by atoms with van der Waals surface area (Å²) in [5.74, 6) is -1.69. The summed E-state index contributed by atoms with van der Waals surface area (Å²) < 4.78 is 0. The van der Waals surface area contributed by atoms with Gasteiger partial charge in [-0.1, -0.05) is 6.92 Å². The van der Waals surface area contributed by atoms with E-state index in [2.05, 4.69) is 10.3 Å². The minimum absolute atomic E-state index is 0.121. The molecule has 1 heterocycles. The molecule has 98 valence electrons. The highest BCUT2D eigenvalue weighted by Crippen LogP contribution is 2.03. The van der Waals surface area contributed by atoms with Crippen LogP contribution in [0.25, 0.3) is 0 Å². The first kappa shape index (κ1) is 14.0. The van der Waals surface area contributed by atoms with Crippen LogP contribution >= 0.6 is 0 Å². The first-order chi connectivity index (χ1) is 8.52. The molecule has 4 N–H and O–H groups in total. The van der Waals surface area contributed by atoms with Crippen molar-refractivity contribution in [1.29, 1.82) is 0 Å². The SMILES string of the molecule is CCC(CNC(=O)Cc1ccc(N)cn1)C(=O)O. The Bertz CT molecular complexity index is 417. The van der Waals surface area contributed by atoms with Crippen molar-refractivity contribution in [3.63, 3.8) is 0 Å². The minimum Gasteiger partial charge on any atom is -0.481 e. The Morgan fingerprint density at radius 1 is 1.50 bits per heavy atom. The van der Waals surface area contributed by atoms with Crippen LogP contribution < -0.4 is 11.1 Å². The van der Waals surface area contributed by atoms with E-state index in [9.17, 15) is 9.59 Å². The summed E-state index contributed by atoms with van der Waals surface area (Å²) in [6, 6.07) is 3.34. The minimum atomic E-state index is -0.900. The van der Waals surface area contributed by atoms with E-state index in [-0.39, 0.29) is 18.9 Å². The molecule has 0 aliphatic carbocycles. The van der Waals surface area contributed by atoms with Crippen molar-refractivity contribution in [3.8, 4) is 0 Å². The summed E-state index contributed by atoms with van der Waals surface area (Å²) in [6.07, 6.45) is 2.08. The van der Waals surface area contributed by atoms with E-state index < -0.39 is 11.9 Å².